The fourth-order valence-corrected chi connectivity index (χ4v) is 1.56. The van der Waals surface area contributed by atoms with Crippen LogP contribution in [0.5, 0.6) is 0 Å². The molecule has 0 atom stereocenters. The van der Waals surface area contributed by atoms with Crippen LogP contribution in [0.1, 0.15) is 24.3 Å². The molecule has 0 aliphatic heterocycles. The molecule has 0 saturated carbocycles. The van der Waals surface area contributed by atoms with E-state index in [9.17, 15) is 4.79 Å². The molecule has 0 aliphatic rings. The molecular weight excluding hydrogens is 202 g/mol. The van der Waals surface area contributed by atoms with Crippen LogP contribution in [0, 0.1) is 5.92 Å². The molecule has 1 heterocycles. The van der Waals surface area contributed by atoms with Crippen molar-refractivity contribution < 1.29 is 4.79 Å². The smallest absolute Gasteiger partial charge is 0.221 e. The number of Topliss-reactive ketones (excluding diaryl/α,β-unsaturated/α-hetero) is 1. The summed E-state index contributed by atoms with van der Waals surface area (Å²) in [6.45, 7) is 3.69. The normalized spacial score (nSPS) is 10.9. The van der Waals surface area contributed by atoms with E-state index < -0.39 is 0 Å². The second-order valence-electron chi connectivity index (χ2n) is 3.97. The third-order valence-corrected chi connectivity index (χ3v) is 2.38. The van der Waals surface area contributed by atoms with E-state index in [1.54, 1.807) is 0 Å². The maximum absolute atomic E-state index is 12.0. The SMILES string of the molecule is CC(C)C(=O)c1nc(N)nc2ccccc12. The van der Waals surface area contributed by atoms with Crippen molar-refractivity contribution in [3.63, 3.8) is 0 Å². The highest BCUT2D eigenvalue weighted by atomic mass is 16.1. The summed E-state index contributed by atoms with van der Waals surface area (Å²) in [6, 6.07) is 7.38. The molecule has 0 saturated heterocycles. The van der Waals surface area contributed by atoms with Gasteiger partial charge in [0, 0.05) is 11.3 Å². The van der Waals surface area contributed by atoms with Crippen molar-refractivity contribution in [3.05, 3.63) is 30.0 Å². The molecule has 0 fully saturated rings. The van der Waals surface area contributed by atoms with Crippen LogP contribution in [-0.4, -0.2) is 15.8 Å². The van der Waals surface area contributed by atoms with E-state index in [0.717, 1.165) is 5.39 Å². The molecule has 2 N–H and O–H groups in total. The molecule has 0 bridgehead atoms. The average molecular weight is 215 g/mol. The molecule has 1 aromatic carbocycles. The summed E-state index contributed by atoms with van der Waals surface area (Å²) in [6.07, 6.45) is 0. The van der Waals surface area contributed by atoms with Crippen molar-refractivity contribution >= 4 is 22.6 Å². The predicted octanol–water partition coefficient (Wildman–Crippen LogP) is 2.05. The van der Waals surface area contributed by atoms with E-state index in [2.05, 4.69) is 9.97 Å². The lowest BCUT2D eigenvalue weighted by Crippen LogP contribution is -2.12. The minimum atomic E-state index is -0.0993. The van der Waals surface area contributed by atoms with Crippen molar-refractivity contribution in [2.24, 2.45) is 5.92 Å². The first-order valence-corrected chi connectivity index (χ1v) is 5.16. The number of hydrogen-bond donors (Lipinski definition) is 1. The van der Waals surface area contributed by atoms with Gasteiger partial charge in [0.25, 0.3) is 0 Å². The van der Waals surface area contributed by atoms with Gasteiger partial charge in [-0.1, -0.05) is 32.0 Å². The number of carbonyl (C=O) groups excluding carboxylic acids is 1. The number of nitrogens with zero attached hydrogens (tertiary/aromatic N) is 2. The highest BCUT2D eigenvalue weighted by Gasteiger charge is 2.16. The van der Waals surface area contributed by atoms with Gasteiger partial charge < -0.3 is 5.73 Å². The summed E-state index contributed by atoms with van der Waals surface area (Å²) in [5.74, 6) is 0.0331. The number of aromatic nitrogens is 2. The number of rotatable bonds is 2. The number of benzene rings is 1. The van der Waals surface area contributed by atoms with Gasteiger partial charge in [-0.25, -0.2) is 9.97 Å². The van der Waals surface area contributed by atoms with Crippen LogP contribution in [0.3, 0.4) is 0 Å². The van der Waals surface area contributed by atoms with Crippen LogP contribution in [0.4, 0.5) is 5.95 Å². The van der Waals surface area contributed by atoms with E-state index in [1.165, 1.54) is 0 Å². The van der Waals surface area contributed by atoms with Gasteiger partial charge in [0.15, 0.2) is 5.78 Å². The van der Waals surface area contributed by atoms with Gasteiger partial charge in [-0.3, -0.25) is 4.79 Å². The maximum Gasteiger partial charge on any atom is 0.221 e. The number of anilines is 1. The number of nitrogen functional groups attached to an aromatic ring is 1. The third-order valence-electron chi connectivity index (χ3n) is 2.38. The number of carbonyl (C=O) groups is 1. The second kappa shape index (κ2) is 3.89. The third kappa shape index (κ3) is 1.74. The quantitative estimate of drug-likeness (QED) is 0.778. The van der Waals surface area contributed by atoms with Gasteiger partial charge in [0.1, 0.15) is 5.69 Å². The van der Waals surface area contributed by atoms with E-state index in [1.807, 2.05) is 38.1 Å². The second-order valence-corrected chi connectivity index (χ2v) is 3.97. The number of ketones is 1. The molecule has 1 aromatic heterocycles. The zero-order valence-electron chi connectivity index (χ0n) is 9.27. The maximum atomic E-state index is 12.0. The molecular formula is C12H13N3O. The first-order valence-electron chi connectivity index (χ1n) is 5.16. The van der Waals surface area contributed by atoms with Gasteiger partial charge in [0.05, 0.1) is 5.52 Å². The van der Waals surface area contributed by atoms with Crippen LogP contribution in [0.2, 0.25) is 0 Å². The Hall–Kier alpha value is -1.97. The first-order chi connectivity index (χ1) is 7.59. The van der Waals surface area contributed by atoms with Gasteiger partial charge in [0.2, 0.25) is 5.95 Å². The van der Waals surface area contributed by atoms with Crippen molar-refractivity contribution in [3.8, 4) is 0 Å². The Balaban J connectivity index is 2.72. The summed E-state index contributed by atoms with van der Waals surface area (Å²) >= 11 is 0. The van der Waals surface area contributed by atoms with Crippen LogP contribution >= 0.6 is 0 Å². The van der Waals surface area contributed by atoms with Crippen LogP contribution in [-0.2, 0) is 0 Å². The zero-order chi connectivity index (χ0) is 11.7. The molecule has 2 aromatic rings. The Morgan fingerprint density at radius 2 is 1.94 bits per heavy atom. The van der Waals surface area contributed by atoms with Crippen LogP contribution in [0.25, 0.3) is 10.9 Å². The van der Waals surface area contributed by atoms with Gasteiger partial charge in [-0.05, 0) is 6.07 Å². The predicted molar refractivity (Wildman–Crippen MR) is 63.1 cm³/mol. The minimum Gasteiger partial charge on any atom is -0.368 e. The Labute approximate surface area is 93.5 Å². The number of para-hydroxylation sites is 1. The molecule has 0 radical (unpaired) electrons. The van der Waals surface area contributed by atoms with Gasteiger partial charge in [-0.15, -0.1) is 0 Å². The topological polar surface area (TPSA) is 68.9 Å². The molecule has 82 valence electrons. The monoisotopic (exact) mass is 215 g/mol. The van der Waals surface area contributed by atoms with Crippen molar-refractivity contribution in [2.45, 2.75) is 13.8 Å². The fourth-order valence-electron chi connectivity index (χ4n) is 1.56. The average Bonchev–Trinajstić information content (AvgIpc) is 2.26. The lowest BCUT2D eigenvalue weighted by Gasteiger charge is -2.07. The number of hydrogen-bond acceptors (Lipinski definition) is 4. The largest absolute Gasteiger partial charge is 0.368 e. The highest BCUT2D eigenvalue weighted by molar-refractivity contribution is 6.06. The van der Waals surface area contributed by atoms with E-state index in [0.29, 0.717) is 11.2 Å². The molecule has 0 amide bonds. The lowest BCUT2D eigenvalue weighted by atomic mass is 10.0. The summed E-state index contributed by atoms with van der Waals surface area (Å²) < 4.78 is 0. The summed E-state index contributed by atoms with van der Waals surface area (Å²) in [5, 5.41) is 0.760. The number of fused-ring (bicyclic) bond motifs is 1. The molecule has 0 spiro atoms. The van der Waals surface area contributed by atoms with E-state index >= 15 is 0 Å². The summed E-state index contributed by atoms with van der Waals surface area (Å²) in [4.78, 5) is 20.1. The Bertz CT molecular complexity index is 549. The first kappa shape index (κ1) is 10.5. The van der Waals surface area contributed by atoms with Crippen LogP contribution in [0.15, 0.2) is 24.3 Å². The minimum absolute atomic E-state index is 0.00898. The Kier molecular flexibility index (Phi) is 2.56. The molecule has 2 rings (SSSR count). The molecule has 4 heteroatoms. The standard InChI is InChI=1S/C12H13N3O/c1-7(2)11(16)10-8-5-3-4-6-9(8)14-12(13)15-10/h3-7H,1-2H3,(H2,13,14,15). The fraction of sp³-hybridized carbons (Fsp3) is 0.250. The summed E-state index contributed by atoms with van der Waals surface area (Å²) in [7, 11) is 0. The van der Waals surface area contributed by atoms with E-state index in [-0.39, 0.29) is 17.6 Å². The summed E-state index contributed by atoms with van der Waals surface area (Å²) in [5.41, 5.74) is 6.71. The zero-order valence-corrected chi connectivity index (χ0v) is 9.27. The lowest BCUT2D eigenvalue weighted by molar-refractivity contribution is 0.0936. The van der Waals surface area contributed by atoms with Crippen molar-refractivity contribution in [1.29, 1.82) is 0 Å². The highest BCUT2D eigenvalue weighted by Crippen LogP contribution is 2.19. The van der Waals surface area contributed by atoms with Gasteiger partial charge in [-0.2, -0.15) is 0 Å². The van der Waals surface area contributed by atoms with Crippen LogP contribution < -0.4 is 5.73 Å². The molecule has 0 aliphatic carbocycles. The number of nitrogens with two attached hydrogens (primary N) is 1. The Morgan fingerprint density at radius 3 is 2.62 bits per heavy atom. The molecule has 16 heavy (non-hydrogen) atoms. The Morgan fingerprint density at radius 1 is 1.25 bits per heavy atom. The molecule has 4 nitrogen and oxygen atoms in total. The van der Waals surface area contributed by atoms with Crippen molar-refractivity contribution in [2.75, 3.05) is 5.73 Å². The van der Waals surface area contributed by atoms with Crippen molar-refractivity contribution in [1.82, 2.24) is 9.97 Å². The van der Waals surface area contributed by atoms with Gasteiger partial charge >= 0.3 is 0 Å². The molecule has 0 unspecified atom stereocenters. The van der Waals surface area contributed by atoms with E-state index in [4.69, 9.17) is 5.73 Å².